The number of hydrogen-bond donors (Lipinski definition) is 3. The summed E-state index contributed by atoms with van der Waals surface area (Å²) < 4.78 is 69.7. The van der Waals surface area contributed by atoms with E-state index in [-0.39, 0.29) is 17.6 Å². The van der Waals surface area contributed by atoms with Crippen molar-refractivity contribution in [1.29, 1.82) is 0 Å². The van der Waals surface area contributed by atoms with Crippen LogP contribution in [0.1, 0.15) is 35.2 Å². The minimum absolute atomic E-state index is 0.0119. The zero-order valence-electron chi connectivity index (χ0n) is 20.9. The van der Waals surface area contributed by atoms with E-state index in [4.69, 9.17) is 24.5 Å². The Morgan fingerprint density at radius 1 is 1.00 bits per heavy atom. The van der Waals surface area contributed by atoms with E-state index in [0.717, 1.165) is 44.5 Å². The highest BCUT2D eigenvalue weighted by molar-refractivity contribution is 5.94. The Balaban J connectivity index is 0.000000333. The standard InChI is InChI=1S/C21H25N3O2.2C2HF3O2/c25-20(18-6-2-1-3-7-18)23-19-8-12-26-21(13-19)9-11-24(16-21)15-17-5-4-10-22-14-17;2*3-2(4,5)1(6)7/h1-7,10,14,19H,8-9,11-13,15-16H2,(H,23,25);2*(H,6,7)/t19-,21-;;/m1../s1. The Kier molecular flexibility index (Phi) is 11.4. The van der Waals surface area contributed by atoms with E-state index in [0.29, 0.717) is 6.61 Å². The fourth-order valence-electron chi connectivity index (χ4n) is 4.11. The van der Waals surface area contributed by atoms with Crippen molar-refractivity contribution in [3.63, 3.8) is 0 Å². The number of rotatable bonds is 4. The molecule has 0 radical (unpaired) electrons. The number of carbonyl (C=O) groups is 3. The molecule has 15 heteroatoms. The van der Waals surface area contributed by atoms with Gasteiger partial charge in [-0.1, -0.05) is 24.3 Å². The Morgan fingerprint density at radius 3 is 2.12 bits per heavy atom. The maximum Gasteiger partial charge on any atom is 0.490 e. The van der Waals surface area contributed by atoms with Crippen molar-refractivity contribution >= 4 is 17.8 Å². The minimum Gasteiger partial charge on any atom is -0.475 e. The summed E-state index contributed by atoms with van der Waals surface area (Å²) >= 11 is 0. The smallest absolute Gasteiger partial charge is 0.475 e. The molecule has 4 rings (SSSR count). The predicted octanol–water partition coefficient (Wildman–Crippen LogP) is 3.90. The molecule has 2 saturated heterocycles. The molecule has 0 unspecified atom stereocenters. The van der Waals surface area contributed by atoms with Crippen LogP contribution in [0.25, 0.3) is 0 Å². The Hall–Kier alpha value is -3.72. The summed E-state index contributed by atoms with van der Waals surface area (Å²) in [5.74, 6) is -5.50. The normalized spacial score (nSPS) is 20.9. The number of hydrogen-bond acceptors (Lipinski definition) is 6. The number of pyridine rings is 1. The number of carbonyl (C=O) groups excluding carboxylic acids is 1. The quantitative estimate of drug-likeness (QED) is 0.466. The summed E-state index contributed by atoms with van der Waals surface area (Å²) in [6, 6.07) is 13.7. The SMILES string of the molecule is O=C(N[C@@H]1CCO[C@]2(CCN(Cc3cccnc3)C2)C1)c1ccccc1.O=C(O)C(F)(F)F.O=C(O)C(F)(F)F. The highest BCUT2D eigenvalue weighted by Gasteiger charge is 2.43. The number of carboxylic acids is 2. The second kappa shape index (κ2) is 14.1. The number of benzene rings is 1. The van der Waals surface area contributed by atoms with Gasteiger partial charge >= 0.3 is 24.3 Å². The van der Waals surface area contributed by atoms with Crippen LogP contribution in [0.4, 0.5) is 26.3 Å². The topological polar surface area (TPSA) is 129 Å². The molecular weight excluding hydrogens is 552 g/mol. The van der Waals surface area contributed by atoms with Gasteiger partial charge < -0.3 is 20.3 Å². The maximum absolute atomic E-state index is 12.5. The third-order valence-electron chi connectivity index (χ3n) is 5.87. The number of aromatic nitrogens is 1. The fourth-order valence-corrected chi connectivity index (χ4v) is 4.11. The van der Waals surface area contributed by atoms with Gasteiger partial charge in [0.25, 0.3) is 5.91 Å². The molecule has 3 heterocycles. The third kappa shape index (κ3) is 10.8. The molecule has 0 saturated carbocycles. The molecule has 2 aromatic rings. The third-order valence-corrected chi connectivity index (χ3v) is 5.87. The number of amides is 1. The first kappa shape index (κ1) is 32.5. The van der Waals surface area contributed by atoms with Gasteiger partial charge in [0.15, 0.2) is 0 Å². The van der Waals surface area contributed by atoms with Crippen molar-refractivity contribution in [2.45, 2.75) is 49.8 Å². The van der Waals surface area contributed by atoms with E-state index in [9.17, 15) is 31.1 Å². The number of nitrogens with one attached hydrogen (secondary N) is 1. The molecule has 2 atom stereocenters. The molecule has 0 aliphatic carbocycles. The Labute approximate surface area is 224 Å². The van der Waals surface area contributed by atoms with Crippen molar-refractivity contribution in [1.82, 2.24) is 15.2 Å². The zero-order chi connectivity index (χ0) is 30.0. The van der Waals surface area contributed by atoms with Crippen molar-refractivity contribution < 1.29 is 55.7 Å². The summed E-state index contributed by atoms with van der Waals surface area (Å²) in [7, 11) is 0. The monoisotopic (exact) mass is 579 g/mol. The van der Waals surface area contributed by atoms with Crippen molar-refractivity contribution in [3.05, 3.63) is 66.0 Å². The highest BCUT2D eigenvalue weighted by Crippen LogP contribution is 2.35. The van der Waals surface area contributed by atoms with E-state index in [1.165, 1.54) is 5.56 Å². The van der Waals surface area contributed by atoms with E-state index >= 15 is 0 Å². The van der Waals surface area contributed by atoms with Gasteiger partial charge in [0.2, 0.25) is 0 Å². The molecule has 1 amide bonds. The molecule has 220 valence electrons. The van der Waals surface area contributed by atoms with Gasteiger partial charge in [-0.15, -0.1) is 0 Å². The molecular formula is C25H27F6N3O6. The molecule has 40 heavy (non-hydrogen) atoms. The number of aliphatic carboxylic acids is 2. The van der Waals surface area contributed by atoms with E-state index < -0.39 is 24.3 Å². The number of nitrogens with zero attached hydrogens (tertiary/aromatic N) is 2. The van der Waals surface area contributed by atoms with Crippen LogP contribution in [0.2, 0.25) is 0 Å². The van der Waals surface area contributed by atoms with Crippen LogP contribution in [0.5, 0.6) is 0 Å². The van der Waals surface area contributed by atoms with Crippen LogP contribution in [0.3, 0.4) is 0 Å². The Bertz CT molecular complexity index is 1090. The lowest BCUT2D eigenvalue weighted by Gasteiger charge is -2.38. The lowest BCUT2D eigenvalue weighted by molar-refractivity contribution is -0.193. The number of alkyl halides is 6. The first-order chi connectivity index (χ1) is 18.6. The molecule has 2 fully saturated rings. The molecule has 3 N–H and O–H groups in total. The van der Waals surface area contributed by atoms with E-state index in [2.05, 4.69) is 21.3 Å². The van der Waals surface area contributed by atoms with Crippen LogP contribution < -0.4 is 5.32 Å². The largest absolute Gasteiger partial charge is 0.490 e. The molecule has 1 spiro atoms. The summed E-state index contributed by atoms with van der Waals surface area (Å²) in [5.41, 5.74) is 1.82. The van der Waals surface area contributed by atoms with E-state index in [1.807, 2.05) is 42.6 Å². The van der Waals surface area contributed by atoms with Gasteiger partial charge in [0, 0.05) is 50.2 Å². The summed E-state index contributed by atoms with van der Waals surface area (Å²) in [4.78, 5) is 36.9. The maximum atomic E-state index is 12.5. The van der Waals surface area contributed by atoms with Crippen molar-refractivity contribution in [2.24, 2.45) is 0 Å². The number of ether oxygens (including phenoxy) is 1. The predicted molar refractivity (Wildman–Crippen MR) is 127 cm³/mol. The van der Waals surface area contributed by atoms with Crippen molar-refractivity contribution in [3.8, 4) is 0 Å². The molecule has 1 aromatic heterocycles. The van der Waals surface area contributed by atoms with Gasteiger partial charge in [-0.3, -0.25) is 14.7 Å². The van der Waals surface area contributed by atoms with Gasteiger partial charge in [-0.05, 0) is 43.0 Å². The highest BCUT2D eigenvalue weighted by atomic mass is 19.4. The lowest BCUT2D eigenvalue weighted by Crippen LogP contribution is -2.49. The van der Waals surface area contributed by atoms with E-state index in [1.54, 1.807) is 6.20 Å². The zero-order valence-corrected chi connectivity index (χ0v) is 20.9. The van der Waals surface area contributed by atoms with Crippen LogP contribution in [0, 0.1) is 0 Å². The second-order valence-corrected chi connectivity index (χ2v) is 8.99. The molecule has 0 bridgehead atoms. The number of likely N-dealkylation sites (tertiary alicyclic amines) is 1. The van der Waals surface area contributed by atoms with Crippen LogP contribution >= 0.6 is 0 Å². The van der Waals surface area contributed by atoms with Gasteiger partial charge in [-0.2, -0.15) is 26.3 Å². The number of carboxylic acid groups (broad SMARTS) is 2. The average molecular weight is 579 g/mol. The van der Waals surface area contributed by atoms with Gasteiger partial charge in [0.05, 0.1) is 5.60 Å². The second-order valence-electron chi connectivity index (χ2n) is 8.99. The summed E-state index contributed by atoms with van der Waals surface area (Å²) in [5, 5.41) is 17.5. The molecule has 1 aromatic carbocycles. The van der Waals surface area contributed by atoms with Crippen LogP contribution in [0.15, 0.2) is 54.9 Å². The fraction of sp³-hybridized carbons (Fsp3) is 0.440. The Morgan fingerprint density at radius 2 is 1.60 bits per heavy atom. The summed E-state index contributed by atoms with van der Waals surface area (Å²) in [6.07, 6.45) is -3.65. The lowest BCUT2D eigenvalue weighted by atomic mass is 9.89. The molecule has 2 aliphatic heterocycles. The molecule has 9 nitrogen and oxygen atoms in total. The first-order valence-electron chi connectivity index (χ1n) is 11.8. The minimum atomic E-state index is -5.08. The van der Waals surface area contributed by atoms with Crippen molar-refractivity contribution in [2.75, 3.05) is 19.7 Å². The van der Waals surface area contributed by atoms with Crippen LogP contribution in [-0.2, 0) is 20.9 Å². The summed E-state index contributed by atoms with van der Waals surface area (Å²) in [6.45, 7) is 3.55. The first-order valence-corrected chi connectivity index (χ1v) is 11.8. The average Bonchev–Trinajstić information content (AvgIpc) is 3.25. The molecule has 2 aliphatic rings. The van der Waals surface area contributed by atoms with Crippen LogP contribution in [-0.4, -0.2) is 81.6 Å². The van der Waals surface area contributed by atoms with Gasteiger partial charge in [-0.25, -0.2) is 9.59 Å². The van der Waals surface area contributed by atoms with Gasteiger partial charge in [0.1, 0.15) is 0 Å². The number of halogens is 6.